The molecule has 2 rings (SSSR count). The summed E-state index contributed by atoms with van der Waals surface area (Å²) in [4.78, 5) is 17.6. The molecule has 26 heavy (non-hydrogen) atoms. The Morgan fingerprint density at radius 3 is 2.23 bits per heavy atom. The number of nitrogens with zero attached hydrogens (tertiary/aromatic N) is 1. The quantitative estimate of drug-likeness (QED) is 0.346. The van der Waals surface area contributed by atoms with Crippen molar-refractivity contribution in [3.05, 3.63) is 66.2 Å². The molecule has 3 nitrogen and oxygen atoms in total. The Bertz CT molecular complexity index is 701. The fourth-order valence-electron chi connectivity index (χ4n) is 2.66. The second-order valence-corrected chi connectivity index (χ2v) is 8.71. The Morgan fingerprint density at radius 2 is 1.65 bits per heavy atom. The minimum atomic E-state index is -0.272. The van der Waals surface area contributed by atoms with E-state index in [1.54, 1.807) is 0 Å². The van der Waals surface area contributed by atoms with Crippen molar-refractivity contribution in [1.82, 2.24) is 0 Å². The first-order chi connectivity index (χ1) is 12.7. The van der Waals surface area contributed by atoms with Crippen molar-refractivity contribution >= 4 is 31.1 Å². The minimum absolute atomic E-state index is 0.0680. The number of carbonyl (C=O) groups is 1. The molecule has 138 valence electrons. The summed E-state index contributed by atoms with van der Waals surface area (Å²) in [5, 5.41) is 0. The normalized spacial score (nSPS) is 13.9. The molecule has 0 saturated carbocycles. The fraction of sp³-hybridized carbons (Fsp3) is 0.364. The van der Waals surface area contributed by atoms with Crippen LogP contribution in [0, 0.1) is 0 Å². The molecule has 2 aromatic rings. The number of ether oxygens (including phenoxy) is 1. The molecule has 4 heteroatoms. The van der Waals surface area contributed by atoms with E-state index in [9.17, 15) is 4.79 Å². The van der Waals surface area contributed by atoms with E-state index in [0.717, 1.165) is 18.4 Å². The van der Waals surface area contributed by atoms with Crippen LogP contribution in [0.4, 0.5) is 0 Å². The van der Waals surface area contributed by atoms with Gasteiger partial charge in [0.1, 0.15) is 0 Å². The van der Waals surface area contributed by atoms with Crippen LogP contribution in [-0.2, 0) is 9.53 Å². The first kappa shape index (κ1) is 20.4. The molecule has 0 saturated heterocycles. The summed E-state index contributed by atoms with van der Waals surface area (Å²) in [7, 11) is 0. The molecule has 0 amide bonds. The molecule has 1 unspecified atom stereocenters. The molecule has 2 atom stereocenters. The van der Waals surface area contributed by atoms with Gasteiger partial charge in [-0.15, -0.1) is 0 Å². The van der Waals surface area contributed by atoms with Crippen molar-refractivity contribution in [3.63, 3.8) is 0 Å². The summed E-state index contributed by atoms with van der Waals surface area (Å²) in [6, 6.07) is 20.4. The first-order valence-electron chi connectivity index (χ1n) is 9.17. The third-order valence-electron chi connectivity index (χ3n) is 3.98. The molecule has 0 aliphatic heterocycles. The average molecular weight is 416 g/mol. The Balaban J connectivity index is 2.33. The standard InChI is InChI=1S/C22H27NO2Se/c1-4-12-20(26-19-15-10-7-11-16-19)21(22(24)25-5-2)23-17(3)18-13-8-6-9-14-18/h6-11,13-17,20H,4-5,12H2,1-3H3/t17-,20?/m0/s1. The molecule has 0 fully saturated rings. The van der Waals surface area contributed by atoms with Crippen molar-refractivity contribution < 1.29 is 9.53 Å². The fourth-order valence-corrected chi connectivity index (χ4v) is 5.32. The zero-order valence-corrected chi connectivity index (χ0v) is 17.4. The summed E-state index contributed by atoms with van der Waals surface area (Å²) in [5.74, 6) is -0.272. The maximum atomic E-state index is 12.7. The molecule has 0 aliphatic rings. The second kappa shape index (κ2) is 10.9. The Labute approximate surface area is 163 Å². The summed E-state index contributed by atoms with van der Waals surface area (Å²) in [5.41, 5.74) is 1.70. The number of hydrogen-bond donors (Lipinski definition) is 0. The van der Waals surface area contributed by atoms with Gasteiger partial charge in [-0.05, 0) is 0 Å². The van der Waals surface area contributed by atoms with Crippen molar-refractivity contribution in [3.8, 4) is 0 Å². The topological polar surface area (TPSA) is 38.7 Å². The van der Waals surface area contributed by atoms with Gasteiger partial charge in [0, 0.05) is 0 Å². The van der Waals surface area contributed by atoms with E-state index in [-0.39, 0.29) is 31.8 Å². The average Bonchev–Trinajstić information content (AvgIpc) is 2.67. The van der Waals surface area contributed by atoms with Crippen molar-refractivity contribution in [2.24, 2.45) is 4.99 Å². The number of benzene rings is 2. The molecule has 0 spiro atoms. The number of aliphatic imine (C=N–C) groups is 1. The van der Waals surface area contributed by atoms with Crippen molar-refractivity contribution in [1.29, 1.82) is 0 Å². The summed E-state index contributed by atoms with van der Waals surface area (Å²) in [6.07, 6.45) is 1.95. The van der Waals surface area contributed by atoms with Gasteiger partial charge in [-0.1, -0.05) is 0 Å². The van der Waals surface area contributed by atoms with Crippen LogP contribution < -0.4 is 4.46 Å². The van der Waals surface area contributed by atoms with Crippen LogP contribution in [-0.4, -0.2) is 33.2 Å². The van der Waals surface area contributed by atoms with E-state index >= 15 is 0 Å². The van der Waals surface area contributed by atoms with Crippen LogP contribution in [0.3, 0.4) is 0 Å². The van der Waals surface area contributed by atoms with E-state index in [0.29, 0.717) is 12.3 Å². The molecule has 0 N–H and O–H groups in total. The van der Waals surface area contributed by atoms with Crippen LogP contribution in [0.5, 0.6) is 0 Å². The van der Waals surface area contributed by atoms with Crippen LogP contribution in [0.1, 0.15) is 45.2 Å². The Kier molecular flexibility index (Phi) is 8.60. The molecule has 0 radical (unpaired) electrons. The zero-order chi connectivity index (χ0) is 18.8. The van der Waals surface area contributed by atoms with Gasteiger partial charge < -0.3 is 0 Å². The van der Waals surface area contributed by atoms with Gasteiger partial charge >= 0.3 is 163 Å². The van der Waals surface area contributed by atoms with Crippen LogP contribution in [0.2, 0.25) is 4.82 Å². The number of rotatable bonds is 9. The van der Waals surface area contributed by atoms with Gasteiger partial charge in [-0.3, -0.25) is 0 Å². The van der Waals surface area contributed by atoms with Gasteiger partial charge in [-0.2, -0.15) is 0 Å². The van der Waals surface area contributed by atoms with Gasteiger partial charge in [0.2, 0.25) is 0 Å². The van der Waals surface area contributed by atoms with Gasteiger partial charge in [0.15, 0.2) is 0 Å². The van der Waals surface area contributed by atoms with Crippen LogP contribution >= 0.6 is 0 Å². The SMILES string of the molecule is CCCC([Se]c1ccccc1)C(=N[C@@H](C)c1ccccc1)C(=O)OCC. The van der Waals surface area contributed by atoms with Crippen LogP contribution in [0.25, 0.3) is 0 Å². The number of carbonyl (C=O) groups excluding carboxylic acids is 1. The van der Waals surface area contributed by atoms with E-state index in [4.69, 9.17) is 9.73 Å². The molecular formula is C22H27NO2Se. The van der Waals surface area contributed by atoms with Crippen molar-refractivity contribution in [2.75, 3.05) is 6.61 Å². The zero-order valence-electron chi connectivity index (χ0n) is 15.7. The van der Waals surface area contributed by atoms with Crippen molar-refractivity contribution in [2.45, 2.75) is 44.5 Å². The van der Waals surface area contributed by atoms with Gasteiger partial charge in [-0.25, -0.2) is 0 Å². The molecular weight excluding hydrogens is 389 g/mol. The van der Waals surface area contributed by atoms with E-state index in [1.807, 2.05) is 62.4 Å². The molecule has 0 aliphatic carbocycles. The predicted molar refractivity (Wildman–Crippen MR) is 109 cm³/mol. The molecule has 0 bridgehead atoms. The summed E-state index contributed by atoms with van der Waals surface area (Å²) < 4.78 is 6.63. The third kappa shape index (κ3) is 6.12. The number of esters is 1. The van der Waals surface area contributed by atoms with Gasteiger partial charge in [0.25, 0.3) is 0 Å². The maximum absolute atomic E-state index is 12.7. The van der Waals surface area contributed by atoms with Crippen LogP contribution in [0.15, 0.2) is 65.7 Å². The molecule has 2 aromatic carbocycles. The summed E-state index contributed by atoms with van der Waals surface area (Å²) in [6.45, 7) is 6.40. The second-order valence-electron chi connectivity index (χ2n) is 6.03. The number of hydrogen-bond acceptors (Lipinski definition) is 3. The molecule has 0 heterocycles. The third-order valence-corrected chi connectivity index (χ3v) is 6.68. The van der Waals surface area contributed by atoms with E-state index in [2.05, 4.69) is 19.1 Å². The van der Waals surface area contributed by atoms with E-state index < -0.39 is 0 Å². The first-order valence-corrected chi connectivity index (χ1v) is 11.0. The monoisotopic (exact) mass is 417 g/mol. The van der Waals surface area contributed by atoms with Gasteiger partial charge in [0.05, 0.1) is 0 Å². The Hall–Kier alpha value is -1.90. The predicted octanol–water partition coefficient (Wildman–Crippen LogP) is 4.37. The summed E-state index contributed by atoms with van der Waals surface area (Å²) >= 11 is 0.138. The molecule has 0 aromatic heterocycles. The Morgan fingerprint density at radius 1 is 1.04 bits per heavy atom. The van der Waals surface area contributed by atoms with E-state index in [1.165, 1.54) is 4.46 Å².